The molecule has 0 radical (unpaired) electrons. The average Bonchev–Trinajstić information content (AvgIpc) is 2.90. The van der Waals surface area contributed by atoms with Crippen molar-refractivity contribution in [2.45, 2.75) is 32.9 Å². The number of rotatable bonds is 3. The largest absolute Gasteiger partial charge is 0.381 e. The first-order chi connectivity index (χ1) is 8.75. The summed E-state index contributed by atoms with van der Waals surface area (Å²) in [5.41, 5.74) is 2.42. The predicted molar refractivity (Wildman–Crippen MR) is 73.0 cm³/mol. The van der Waals surface area contributed by atoms with Gasteiger partial charge in [0.15, 0.2) is 4.96 Å². The summed E-state index contributed by atoms with van der Waals surface area (Å²) in [6.07, 6.45) is 3.20. The van der Waals surface area contributed by atoms with E-state index in [1.165, 1.54) is 5.69 Å². The molecule has 5 heteroatoms. The molecule has 2 unspecified atom stereocenters. The molecule has 1 aliphatic heterocycles. The minimum Gasteiger partial charge on any atom is -0.381 e. The van der Waals surface area contributed by atoms with Crippen molar-refractivity contribution in [1.82, 2.24) is 14.7 Å². The molecule has 0 spiro atoms. The molecule has 2 aromatic heterocycles. The van der Waals surface area contributed by atoms with Gasteiger partial charge in [-0.3, -0.25) is 4.40 Å². The van der Waals surface area contributed by atoms with Gasteiger partial charge in [0.2, 0.25) is 0 Å². The van der Waals surface area contributed by atoms with Crippen molar-refractivity contribution in [2.75, 3.05) is 13.2 Å². The van der Waals surface area contributed by atoms with Crippen LogP contribution in [-0.4, -0.2) is 28.6 Å². The number of hydrogen-bond donors (Lipinski definition) is 1. The van der Waals surface area contributed by atoms with Crippen LogP contribution in [0.3, 0.4) is 0 Å². The van der Waals surface area contributed by atoms with E-state index in [4.69, 9.17) is 4.74 Å². The third-order valence-corrected chi connectivity index (χ3v) is 4.49. The fourth-order valence-corrected chi connectivity index (χ4v) is 3.34. The number of thiazole rings is 1. The highest BCUT2D eigenvalue weighted by molar-refractivity contribution is 7.15. The fourth-order valence-electron chi connectivity index (χ4n) is 2.56. The summed E-state index contributed by atoms with van der Waals surface area (Å²) in [4.78, 5) is 5.66. The maximum absolute atomic E-state index is 5.47. The molecule has 4 nitrogen and oxygen atoms in total. The van der Waals surface area contributed by atoms with E-state index in [0.29, 0.717) is 12.0 Å². The summed E-state index contributed by atoms with van der Waals surface area (Å²) in [7, 11) is 0. The second-order valence-electron chi connectivity index (χ2n) is 5.03. The van der Waals surface area contributed by atoms with E-state index in [2.05, 4.69) is 40.1 Å². The van der Waals surface area contributed by atoms with Crippen LogP contribution in [0.1, 0.15) is 24.7 Å². The standard InChI is InChI=1S/C13H19N3OS/c1-9-8-17-5-3-11(9)14-7-12-10(2)15-13-16(12)4-6-18-13/h4,6,9,11,14H,3,5,7-8H2,1-2H3. The van der Waals surface area contributed by atoms with Gasteiger partial charge >= 0.3 is 0 Å². The SMILES string of the molecule is Cc1nc2sccn2c1CNC1CCOCC1C. The van der Waals surface area contributed by atoms with Crippen LogP contribution in [0.15, 0.2) is 11.6 Å². The number of aryl methyl sites for hydroxylation is 1. The molecule has 0 saturated carbocycles. The van der Waals surface area contributed by atoms with Gasteiger partial charge in [0.1, 0.15) is 0 Å². The summed E-state index contributed by atoms with van der Waals surface area (Å²) in [5.74, 6) is 0.588. The number of nitrogens with one attached hydrogen (secondary N) is 1. The summed E-state index contributed by atoms with van der Waals surface area (Å²) >= 11 is 1.69. The van der Waals surface area contributed by atoms with E-state index in [1.54, 1.807) is 11.3 Å². The highest BCUT2D eigenvalue weighted by Crippen LogP contribution is 2.18. The summed E-state index contributed by atoms with van der Waals surface area (Å²) in [5, 5.41) is 5.75. The van der Waals surface area contributed by atoms with Crippen molar-refractivity contribution in [2.24, 2.45) is 5.92 Å². The van der Waals surface area contributed by atoms with Crippen molar-refractivity contribution in [3.63, 3.8) is 0 Å². The van der Waals surface area contributed by atoms with Gasteiger partial charge in [0.25, 0.3) is 0 Å². The van der Waals surface area contributed by atoms with Gasteiger partial charge in [-0.2, -0.15) is 0 Å². The molecule has 98 valence electrons. The van der Waals surface area contributed by atoms with Gasteiger partial charge in [0, 0.05) is 30.8 Å². The van der Waals surface area contributed by atoms with Gasteiger partial charge in [-0.05, 0) is 19.3 Å². The smallest absolute Gasteiger partial charge is 0.194 e. The van der Waals surface area contributed by atoms with Crippen LogP contribution >= 0.6 is 11.3 Å². The molecular weight excluding hydrogens is 246 g/mol. The Hall–Kier alpha value is -0.910. The second-order valence-corrected chi connectivity index (χ2v) is 5.90. The molecule has 3 rings (SSSR count). The average molecular weight is 265 g/mol. The Balaban J connectivity index is 1.72. The van der Waals surface area contributed by atoms with Crippen molar-refractivity contribution in [3.05, 3.63) is 23.0 Å². The van der Waals surface area contributed by atoms with Gasteiger partial charge < -0.3 is 10.1 Å². The van der Waals surface area contributed by atoms with Crippen molar-refractivity contribution in [1.29, 1.82) is 0 Å². The summed E-state index contributed by atoms with van der Waals surface area (Å²) < 4.78 is 7.67. The molecule has 0 aromatic carbocycles. The maximum Gasteiger partial charge on any atom is 0.194 e. The van der Waals surface area contributed by atoms with Gasteiger partial charge in [0.05, 0.1) is 18.0 Å². The molecule has 2 atom stereocenters. The Morgan fingerprint density at radius 2 is 2.50 bits per heavy atom. The van der Waals surface area contributed by atoms with E-state index >= 15 is 0 Å². The monoisotopic (exact) mass is 265 g/mol. The minimum absolute atomic E-state index is 0.558. The van der Waals surface area contributed by atoms with Crippen molar-refractivity contribution < 1.29 is 4.74 Å². The van der Waals surface area contributed by atoms with E-state index < -0.39 is 0 Å². The highest BCUT2D eigenvalue weighted by Gasteiger charge is 2.22. The van der Waals surface area contributed by atoms with Gasteiger partial charge in [-0.15, -0.1) is 11.3 Å². The second kappa shape index (κ2) is 4.99. The molecular formula is C13H19N3OS. The molecule has 0 amide bonds. The lowest BCUT2D eigenvalue weighted by atomic mass is 9.98. The number of ether oxygens (including phenoxy) is 1. The number of imidazole rings is 1. The van der Waals surface area contributed by atoms with Crippen LogP contribution in [0.4, 0.5) is 0 Å². The lowest BCUT2D eigenvalue weighted by Gasteiger charge is -2.29. The van der Waals surface area contributed by atoms with Gasteiger partial charge in [-0.25, -0.2) is 4.98 Å². The van der Waals surface area contributed by atoms with E-state index in [9.17, 15) is 0 Å². The summed E-state index contributed by atoms with van der Waals surface area (Å²) in [6, 6.07) is 0.558. The fraction of sp³-hybridized carbons (Fsp3) is 0.615. The molecule has 1 N–H and O–H groups in total. The number of aromatic nitrogens is 2. The maximum atomic E-state index is 5.47. The molecule has 2 aromatic rings. The predicted octanol–water partition coefficient (Wildman–Crippen LogP) is 2.22. The molecule has 18 heavy (non-hydrogen) atoms. The third-order valence-electron chi connectivity index (χ3n) is 3.73. The molecule has 0 bridgehead atoms. The first-order valence-corrected chi connectivity index (χ1v) is 7.36. The Labute approximate surface area is 111 Å². The highest BCUT2D eigenvalue weighted by atomic mass is 32.1. The van der Waals surface area contributed by atoms with Crippen LogP contribution in [0.2, 0.25) is 0 Å². The quantitative estimate of drug-likeness (QED) is 0.925. The third kappa shape index (κ3) is 2.18. The van der Waals surface area contributed by atoms with Crippen LogP contribution in [0, 0.1) is 12.8 Å². The molecule has 1 aliphatic rings. The summed E-state index contributed by atoms with van der Waals surface area (Å²) in [6.45, 7) is 6.97. The number of hydrogen-bond acceptors (Lipinski definition) is 4. The Morgan fingerprint density at radius 1 is 1.61 bits per heavy atom. The van der Waals surface area contributed by atoms with Crippen molar-refractivity contribution in [3.8, 4) is 0 Å². The zero-order chi connectivity index (χ0) is 12.5. The van der Waals surface area contributed by atoms with Crippen molar-refractivity contribution >= 4 is 16.3 Å². The van der Waals surface area contributed by atoms with Crippen LogP contribution in [-0.2, 0) is 11.3 Å². The van der Waals surface area contributed by atoms with Crippen LogP contribution in [0.25, 0.3) is 4.96 Å². The van der Waals surface area contributed by atoms with Crippen LogP contribution in [0.5, 0.6) is 0 Å². The molecule has 1 saturated heterocycles. The van der Waals surface area contributed by atoms with E-state index in [1.807, 2.05) is 0 Å². The first kappa shape index (κ1) is 12.1. The Morgan fingerprint density at radius 3 is 3.33 bits per heavy atom. The minimum atomic E-state index is 0.558. The number of fused-ring (bicyclic) bond motifs is 1. The van der Waals surface area contributed by atoms with E-state index in [0.717, 1.165) is 36.8 Å². The normalized spacial score (nSPS) is 24.8. The zero-order valence-electron chi connectivity index (χ0n) is 10.8. The first-order valence-electron chi connectivity index (χ1n) is 6.48. The zero-order valence-corrected chi connectivity index (χ0v) is 11.7. The molecule has 3 heterocycles. The Bertz CT molecular complexity index is 533. The lowest BCUT2D eigenvalue weighted by molar-refractivity contribution is 0.0385. The topological polar surface area (TPSA) is 38.6 Å². The molecule has 0 aliphatic carbocycles. The molecule has 1 fully saturated rings. The number of nitrogens with zero attached hydrogens (tertiary/aromatic N) is 2. The van der Waals surface area contributed by atoms with E-state index in [-0.39, 0.29) is 0 Å². The Kier molecular flexibility index (Phi) is 3.37. The van der Waals surface area contributed by atoms with Crippen LogP contribution < -0.4 is 5.32 Å². The lowest BCUT2D eigenvalue weighted by Crippen LogP contribution is -2.41. The van der Waals surface area contributed by atoms with Gasteiger partial charge in [-0.1, -0.05) is 6.92 Å².